The Balaban J connectivity index is 2.53. The third kappa shape index (κ3) is 6.80. The van der Waals surface area contributed by atoms with Gasteiger partial charge in [0.1, 0.15) is 0 Å². The summed E-state index contributed by atoms with van der Waals surface area (Å²) in [4.78, 5) is 25.7. The van der Waals surface area contributed by atoms with Gasteiger partial charge in [-0.25, -0.2) is 0 Å². The fourth-order valence-corrected chi connectivity index (χ4v) is 1.92. The quantitative estimate of drug-likeness (QED) is 0.682. The first kappa shape index (κ1) is 19.1. The molecule has 23 heavy (non-hydrogen) atoms. The molecular weight excluding hydrogens is 292 g/mol. The highest BCUT2D eigenvalue weighted by Gasteiger charge is 2.19. The summed E-state index contributed by atoms with van der Waals surface area (Å²) in [5.74, 6) is -0.0957. The molecule has 6 nitrogen and oxygen atoms in total. The molecule has 0 saturated heterocycles. The molecule has 0 aliphatic rings. The number of nitrogens with one attached hydrogen (secondary N) is 2. The summed E-state index contributed by atoms with van der Waals surface area (Å²) in [7, 11) is 3.85. The zero-order chi connectivity index (χ0) is 17.4. The van der Waals surface area contributed by atoms with Gasteiger partial charge in [0.05, 0.1) is 6.04 Å². The van der Waals surface area contributed by atoms with Crippen molar-refractivity contribution in [3.63, 3.8) is 0 Å². The van der Waals surface area contributed by atoms with Crippen molar-refractivity contribution in [1.82, 2.24) is 4.90 Å². The van der Waals surface area contributed by atoms with Crippen LogP contribution in [0.5, 0.6) is 0 Å². The van der Waals surface area contributed by atoms with Crippen molar-refractivity contribution >= 4 is 23.2 Å². The monoisotopic (exact) mass is 320 g/mol. The third-order valence-corrected chi connectivity index (χ3v) is 3.78. The number of nitrogens with two attached hydrogens (primary N) is 1. The van der Waals surface area contributed by atoms with Crippen LogP contribution in [0.1, 0.15) is 26.7 Å². The van der Waals surface area contributed by atoms with Gasteiger partial charge in [0.25, 0.3) is 0 Å². The summed E-state index contributed by atoms with van der Waals surface area (Å²) in [6.07, 6.45) is 1.29. The largest absolute Gasteiger partial charge is 0.326 e. The molecule has 4 N–H and O–H groups in total. The lowest BCUT2D eigenvalue weighted by Crippen LogP contribution is -2.40. The lowest BCUT2D eigenvalue weighted by atomic mass is 9.99. The van der Waals surface area contributed by atoms with Crippen molar-refractivity contribution < 1.29 is 9.59 Å². The topological polar surface area (TPSA) is 87.5 Å². The van der Waals surface area contributed by atoms with Gasteiger partial charge in [0, 0.05) is 24.3 Å². The Morgan fingerprint density at radius 3 is 2.13 bits per heavy atom. The number of carbonyl (C=O) groups is 2. The van der Waals surface area contributed by atoms with Gasteiger partial charge in [0.15, 0.2) is 0 Å². The fourth-order valence-electron chi connectivity index (χ4n) is 1.92. The zero-order valence-electron chi connectivity index (χ0n) is 14.4. The van der Waals surface area contributed by atoms with E-state index in [2.05, 4.69) is 10.6 Å². The first-order valence-corrected chi connectivity index (χ1v) is 7.94. The highest BCUT2D eigenvalue weighted by Crippen LogP contribution is 2.15. The second-order valence-electron chi connectivity index (χ2n) is 6.08. The predicted octanol–water partition coefficient (Wildman–Crippen LogP) is 1.89. The molecule has 2 unspecified atom stereocenters. The normalized spacial score (nSPS) is 13.5. The summed E-state index contributed by atoms with van der Waals surface area (Å²) in [6.45, 7) is 4.66. The maximum Gasteiger partial charge on any atom is 0.241 e. The molecule has 6 heteroatoms. The van der Waals surface area contributed by atoms with E-state index in [4.69, 9.17) is 5.73 Å². The molecule has 0 aliphatic carbocycles. The lowest BCUT2D eigenvalue weighted by Gasteiger charge is -2.17. The van der Waals surface area contributed by atoms with E-state index < -0.39 is 6.04 Å². The summed E-state index contributed by atoms with van der Waals surface area (Å²) in [6, 6.07) is 6.51. The molecule has 1 rings (SSSR count). The number of anilines is 2. The van der Waals surface area contributed by atoms with Gasteiger partial charge in [0.2, 0.25) is 11.8 Å². The fraction of sp³-hybridized carbons (Fsp3) is 0.529. The molecule has 0 bridgehead atoms. The molecule has 2 amide bonds. The number of hydrogen-bond acceptors (Lipinski definition) is 4. The Kier molecular flexibility index (Phi) is 7.71. The van der Waals surface area contributed by atoms with Gasteiger partial charge in [-0.05, 0) is 44.3 Å². The second kappa shape index (κ2) is 9.27. The first-order chi connectivity index (χ1) is 10.8. The number of benzene rings is 1. The minimum atomic E-state index is -0.523. The Bertz CT molecular complexity index is 514. The molecule has 2 atom stereocenters. The zero-order valence-corrected chi connectivity index (χ0v) is 14.4. The number of amides is 2. The second-order valence-corrected chi connectivity index (χ2v) is 6.08. The van der Waals surface area contributed by atoms with Gasteiger partial charge in [-0.3, -0.25) is 9.59 Å². The van der Waals surface area contributed by atoms with Crippen LogP contribution in [0, 0.1) is 5.92 Å². The van der Waals surface area contributed by atoms with E-state index in [1.54, 1.807) is 24.3 Å². The van der Waals surface area contributed by atoms with E-state index in [9.17, 15) is 9.59 Å². The highest BCUT2D eigenvalue weighted by molar-refractivity contribution is 5.95. The molecule has 1 aromatic carbocycles. The van der Waals surface area contributed by atoms with Gasteiger partial charge in [-0.2, -0.15) is 0 Å². The van der Waals surface area contributed by atoms with Crippen LogP contribution in [0.4, 0.5) is 11.4 Å². The van der Waals surface area contributed by atoms with E-state index in [1.807, 2.05) is 32.8 Å². The van der Waals surface area contributed by atoms with E-state index in [0.29, 0.717) is 24.3 Å². The molecular formula is C17H28N4O2. The van der Waals surface area contributed by atoms with Crippen molar-refractivity contribution in [3.05, 3.63) is 24.3 Å². The molecule has 0 heterocycles. The molecule has 0 spiro atoms. The van der Waals surface area contributed by atoms with Gasteiger partial charge in [-0.15, -0.1) is 0 Å². The molecule has 0 fully saturated rings. The van der Waals surface area contributed by atoms with Gasteiger partial charge < -0.3 is 21.3 Å². The Morgan fingerprint density at radius 1 is 1.13 bits per heavy atom. The number of rotatable bonds is 8. The van der Waals surface area contributed by atoms with Crippen molar-refractivity contribution in [2.24, 2.45) is 11.7 Å². The summed E-state index contributed by atoms with van der Waals surface area (Å²) < 4.78 is 0. The van der Waals surface area contributed by atoms with Crippen molar-refractivity contribution in [1.29, 1.82) is 0 Å². The van der Waals surface area contributed by atoms with E-state index in [0.717, 1.165) is 6.42 Å². The number of nitrogens with zero attached hydrogens (tertiary/aromatic N) is 1. The third-order valence-electron chi connectivity index (χ3n) is 3.78. The molecule has 128 valence electrons. The van der Waals surface area contributed by atoms with E-state index >= 15 is 0 Å². The number of hydrogen-bond donors (Lipinski definition) is 3. The number of carbonyl (C=O) groups excluding carboxylic acids is 2. The standard InChI is InChI=1S/C17H28N4O2/c1-5-12(2)16(18)17(23)20-14-8-6-13(7-9-14)19-15(22)10-11-21(3)4/h6-9,12,16H,5,10-11,18H2,1-4H3,(H,19,22)(H,20,23). The van der Waals surface area contributed by atoms with Crippen LogP contribution < -0.4 is 16.4 Å². The van der Waals surface area contributed by atoms with Crippen LogP contribution in [0.3, 0.4) is 0 Å². The summed E-state index contributed by atoms with van der Waals surface area (Å²) in [5.41, 5.74) is 7.27. The summed E-state index contributed by atoms with van der Waals surface area (Å²) in [5, 5.41) is 5.62. The van der Waals surface area contributed by atoms with Gasteiger partial charge in [-0.1, -0.05) is 20.3 Å². The smallest absolute Gasteiger partial charge is 0.241 e. The highest BCUT2D eigenvalue weighted by atomic mass is 16.2. The molecule has 0 radical (unpaired) electrons. The van der Waals surface area contributed by atoms with Crippen LogP contribution in [0.15, 0.2) is 24.3 Å². The van der Waals surface area contributed by atoms with Crippen LogP contribution in [-0.2, 0) is 9.59 Å². The Morgan fingerprint density at radius 2 is 1.65 bits per heavy atom. The molecule has 0 aliphatic heterocycles. The van der Waals surface area contributed by atoms with Crippen molar-refractivity contribution in [3.8, 4) is 0 Å². The maximum atomic E-state index is 12.0. The first-order valence-electron chi connectivity index (χ1n) is 7.94. The maximum absolute atomic E-state index is 12.0. The van der Waals surface area contributed by atoms with Crippen LogP contribution in [0.2, 0.25) is 0 Å². The van der Waals surface area contributed by atoms with Crippen molar-refractivity contribution in [2.45, 2.75) is 32.7 Å². The Labute approximate surface area is 138 Å². The average molecular weight is 320 g/mol. The minimum Gasteiger partial charge on any atom is -0.326 e. The van der Waals surface area contributed by atoms with Crippen LogP contribution >= 0.6 is 0 Å². The van der Waals surface area contributed by atoms with Crippen LogP contribution in [-0.4, -0.2) is 43.4 Å². The molecule has 0 saturated carbocycles. The minimum absolute atomic E-state index is 0.0331. The molecule has 1 aromatic rings. The van der Waals surface area contributed by atoms with E-state index in [-0.39, 0.29) is 17.7 Å². The average Bonchev–Trinajstić information content (AvgIpc) is 2.53. The van der Waals surface area contributed by atoms with E-state index in [1.165, 1.54) is 0 Å². The van der Waals surface area contributed by atoms with Gasteiger partial charge >= 0.3 is 0 Å². The van der Waals surface area contributed by atoms with Crippen molar-refractivity contribution in [2.75, 3.05) is 31.3 Å². The van der Waals surface area contributed by atoms with Crippen LogP contribution in [0.25, 0.3) is 0 Å². The SMILES string of the molecule is CCC(C)C(N)C(=O)Nc1ccc(NC(=O)CCN(C)C)cc1. The molecule has 0 aromatic heterocycles. The predicted molar refractivity (Wildman–Crippen MR) is 94.3 cm³/mol. The Hall–Kier alpha value is -1.92. The lowest BCUT2D eigenvalue weighted by molar-refractivity contribution is -0.118. The summed E-state index contributed by atoms with van der Waals surface area (Å²) >= 11 is 0.